The highest BCUT2D eigenvalue weighted by atomic mass is 30.3. The Bertz CT molecular complexity index is 1100. The van der Waals surface area contributed by atoms with E-state index >= 15 is 4.80 Å². The van der Waals surface area contributed by atoms with E-state index in [1.807, 2.05) is 0 Å². The molecule has 1 atom stereocenters. The van der Waals surface area contributed by atoms with Gasteiger partial charge in [-0.1, -0.05) is 192 Å². The molecule has 0 spiro atoms. The minimum atomic E-state index is -3.49. The average molecular weight is 760 g/mol. The highest BCUT2D eigenvalue weighted by Crippen LogP contribution is 2.73. The van der Waals surface area contributed by atoms with Gasteiger partial charge in [-0.05, 0) is 40.3 Å². The molecule has 2 N–H and O–H groups in total. The van der Waals surface area contributed by atoms with Crippen molar-refractivity contribution in [3.8, 4) is 0 Å². The zero-order valence-electron chi connectivity index (χ0n) is 36.9. The fourth-order valence-corrected chi connectivity index (χ4v) is 288. The predicted octanol–water partition coefficient (Wildman–Crippen LogP) is 12.7. The molecule has 9 heteroatoms. The molecular formula is C37H86O2Si7. The maximum atomic E-state index is 15.3. The third kappa shape index (κ3) is 5.12. The lowest BCUT2D eigenvalue weighted by molar-refractivity contribution is 0.524. The number of aliphatic hydroxyl groups is 1. The summed E-state index contributed by atoms with van der Waals surface area (Å²) in [5, 5.41) is 14.2. The van der Waals surface area contributed by atoms with Gasteiger partial charge in [0.25, 0.3) is 0 Å². The van der Waals surface area contributed by atoms with Crippen molar-refractivity contribution in [3.63, 3.8) is 0 Å². The fraction of sp³-hybridized carbons (Fsp3) is 0.973. The molecule has 0 aromatic rings. The standard InChI is InChI=1S/C37H86O2Si7/c1-30(2,3)41(25,31(4,5)6)40-29(38)45(39,42(26,32(7,8)9)33(10,11)12)46(40,43(27,34(13,14)15)35(16,17)18)44(28,36(19,20)21)37(22,23)24/h38-39H,1-28H3. The van der Waals surface area contributed by atoms with Crippen LogP contribution >= 0.6 is 0 Å². The van der Waals surface area contributed by atoms with E-state index in [9.17, 15) is 5.11 Å². The molecule has 0 aromatic carbocycles. The Hall–Kier alpha value is 1.15. The average Bonchev–Trinajstić information content (AvgIpc) is 2.73. The first-order valence-corrected chi connectivity index (χ1v) is 39.9. The van der Waals surface area contributed by atoms with Crippen molar-refractivity contribution >= 4 is 56.3 Å². The third-order valence-corrected chi connectivity index (χ3v) is 169. The third-order valence-electron chi connectivity index (χ3n) is 16.2. The molecule has 46 heavy (non-hydrogen) atoms. The first kappa shape index (κ1) is 45.2. The minimum absolute atomic E-state index is 0.0522. The molecule has 0 bridgehead atoms. The van der Waals surface area contributed by atoms with Crippen LogP contribution in [0.25, 0.3) is 0 Å². The van der Waals surface area contributed by atoms with E-state index < -0.39 is 51.3 Å². The van der Waals surface area contributed by atoms with Gasteiger partial charge in [-0.15, -0.1) is 0 Å². The van der Waals surface area contributed by atoms with Gasteiger partial charge in [-0.25, -0.2) is 0 Å². The highest BCUT2D eigenvalue weighted by Gasteiger charge is 2.94. The maximum absolute atomic E-state index is 15.3. The molecule has 0 aliphatic carbocycles. The van der Waals surface area contributed by atoms with E-state index in [-0.39, 0.29) is 40.3 Å². The van der Waals surface area contributed by atoms with Crippen LogP contribution in [0.1, 0.15) is 166 Å². The van der Waals surface area contributed by atoms with Crippen LogP contribution < -0.4 is 0 Å². The zero-order chi connectivity index (χ0) is 38.2. The van der Waals surface area contributed by atoms with Crippen LogP contribution in [0.2, 0.25) is 66.5 Å². The van der Waals surface area contributed by atoms with Gasteiger partial charge in [0.2, 0.25) is 7.35 Å². The molecule has 0 saturated carbocycles. The second-order valence-corrected chi connectivity index (χ2v) is 91.1. The summed E-state index contributed by atoms with van der Waals surface area (Å²) < 4.78 is 0. The van der Waals surface area contributed by atoms with Crippen LogP contribution in [0.15, 0.2) is 0 Å². The molecule has 0 amide bonds. The topological polar surface area (TPSA) is 40.5 Å². The molecule has 0 fully saturated rings. The Morgan fingerprint density at radius 3 is 0.739 bits per heavy atom. The second-order valence-electron chi connectivity index (χ2n) is 24.7. The van der Waals surface area contributed by atoms with Crippen LogP contribution in [-0.4, -0.2) is 66.2 Å². The Morgan fingerprint density at radius 2 is 0.587 bits per heavy atom. The van der Waals surface area contributed by atoms with Crippen LogP contribution in [0.3, 0.4) is 0 Å². The van der Waals surface area contributed by atoms with Gasteiger partial charge in [0.1, 0.15) is 0 Å². The van der Waals surface area contributed by atoms with Crippen LogP contribution in [-0.2, 0) is 0 Å². The summed E-state index contributed by atoms with van der Waals surface area (Å²) in [5.74, 6) is 0. The lowest BCUT2D eigenvalue weighted by Crippen LogP contribution is -3.12. The highest BCUT2D eigenvalue weighted by molar-refractivity contribution is 8.24. The molecule has 274 valence electrons. The quantitative estimate of drug-likeness (QED) is 0.280. The maximum Gasteiger partial charge on any atom is 0.221 e. The number of hydrogen-bond acceptors (Lipinski definition) is 2. The van der Waals surface area contributed by atoms with Gasteiger partial charge in [0.15, 0.2) is 0 Å². The molecule has 0 aromatic heterocycles. The largest absolute Gasteiger partial charge is 0.521 e. The summed E-state index contributed by atoms with van der Waals surface area (Å²) in [5.41, 5.74) is 0. The van der Waals surface area contributed by atoms with Crippen LogP contribution in [0, 0.1) is 0 Å². The summed E-state index contributed by atoms with van der Waals surface area (Å²) >= 11 is 0. The Kier molecular flexibility index (Phi) is 11.1. The van der Waals surface area contributed by atoms with E-state index in [0.29, 0.717) is 0 Å². The SMILES string of the molecule is CC(C)(C)[Si](C)([Si]1=C(O)[Si](O)([Si](C)(C(C)(C)C)C(C)(C)C)[Si]1([Si](C)(C(C)(C)C)C(C)(C)C)[Si](C)(C(C)(C)C)C(C)(C)C)C(C)(C)C. The van der Waals surface area contributed by atoms with Crippen molar-refractivity contribution < 1.29 is 9.90 Å². The lowest BCUT2D eigenvalue weighted by atomic mass is 10.2. The Balaban J connectivity index is 5.61. The minimum Gasteiger partial charge on any atom is -0.521 e. The van der Waals surface area contributed by atoms with E-state index in [4.69, 9.17) is 0 Å². The second kappa shape index (κ2) is 11.3. The van der Waals surface area contributed by atoms with E-state index in [0.717, 1.165) is 4.98 Å². The Labute approximate surface area is 297 Å². The number of aliphatic hydroxyl groups excluding tert-OH is 1. The Morgan fingerprint density at radius 1 is 0.391 bits per heavy atom. The number of hydrogen-bond donors (Lipinski definition) is 2. The molecule has 1 aliphatic rings. The molecular weight excluding hydrogens is 673 g/mol. The van der Waals surface area contributed by atoms with Gasteiger partial charge >= 0.3 is 0 Å². The predicted molar refractivity (Wildman–Crippen MR) is 231 cm³/mol. The van der Waals surface area contributed by atoms with Crippen molar-refractivity contribution in [3.05, 3.63) is 0 Å². The smallest absolute Gasteiger partial charge is 0.221 e. The first-order valence-electron chi connectivity index (χ1n) is 18.4. The van der Waals surface area contributed by atoms with Crippen LogP contribution in [0.5, 0.6) is 0 Å². The van der Waals surface area contributed by atoms with Crippen molar-refractivity contribution in [2.24, 2.45) is 0 Å². The van der Waals surface area contributed by atoms with Gasteiger partial charge in [-0.2, -0.15) is 0 Å². The fourth-order valence-electron chi connectivity index (χ4n) is 12.2. The van der Waals surface area contributed by atoms with Gasteiger partial charge < -0.3 is 9.90 Å². The summed E-state index contributed by atoms with van der Waals surface area (Å²) in [6, 6.07) is 0. The zero-order valence-corrected chi connectivity index (χ0v) is 43.9. The summed E-state index contributed by atoms with van der Waals surface area (Å²) in [6.45, 7) is 72.4. The van der Waals surface area contributed by atoms with E-state index in [1.54, 1.807) is 0 Å². The molecule has 1 heterocycles. The van der Waals surface area contributed by atoms with Gasteiger partial charge in [0, 0.05) is 7.44 Å². The van der Waals surface area contributed by atoms with E-state index in [2.05, 4.69) is 192 Å². The molecule has 1 rings (SSSR count). The van der Waals surface area contributed by atoms with Crippen molar-refractivity contribution in [2.45, 2.75) is 233 Å². The van der Waals surface area contributed by atoms with E-state index in [1.165, 1.54) is 0 Å². The van der Waals surface area contributed by atoms with Gasteiger partial charge in [-0.3, -0.25) is 0 Å². The van der Waals surface area contributed by atoms with Gasteiger partial charge in [0.05, 0.1) is 41.5 Å². The summed E-state index contributed by atoms with van der Waals surface area (Å²) in [7, 11) is -15.0. The van der Waals surface area contributed by atoms with Crippen LogP contribution in [0.4, 0.5) is 0 Å². The summed E-state index contributed by atoms with van der Waals surface area (Å²) in [6.07, 6.45) is -2.84. The monoisotopic (exact) mass is 759 g/mol. The molecule has 2 nitrogen and oxygen atoms in total. The van der Waals surface area contributed by atoms with Crippen molar-refractivity contribution in [1.82, 2.24) is 0 Å². The molecule has 1 unspecified atom stereocenters. The van der Waals surface area contributed by atoms with Crippen molar-refractivity contribution in [2.75, 3.05) is 0 Å². The number of rotatable bonds is 4. The normalized spacial score (nSPS) is 22.3. The first-order chi connectivity index (χ1) is 19.3. The lowest BCUT2D eigenvalue weighted by Gasteiger charge is -2.83. The summed E-state index contributed by atoms with van der Waals surface area (Å²) in [4.78, 5) is 16.1. The molecule has 0 saturated heterocycles. The molecule has 1 aliphatic heterocycles. The molecule has 0 radical (unpaired) electrons. The van der Waals surface area contributed by atoms with Crippen molar-refractivity contribution in [1.29, 1.82) is 0 Å².